The van der Waals surface area contributed by atoms with Crippen molar-refractivity contribution in [3.63, 3.8) is 0 Å². The Morgan fingerprint density at radius 2 is 1.83 bits per heavy atom. The number of rotatable bonds is 5. The zero-order valence-corrected chi connectivity index (χ0v) is 12.8. The summed E-state index contributed by atoms with van der Waals surface area (Å²) in [5, 5.41) is 10.1. The van der Waals surface area contributed by atoms with E-state index in [1.165, 1.54) is 12.1 Å². The lowest BCUT2D eigenvalue weighted by molar-refractivity contribution is 0.400. The van der Waals surface area contributed by atoms with Gasteiger partial charge in [0.15, 0.2) is 5.82 Å². The molecule has 1 aromatic carbocycles. The van der Waals surface area contributed by atoms with E-state index in [0.717, 1.165) is 11.3 Å². The Bertz CT molecular complexity index is 800. The van der Waals surface area contributed by atoms with Crippen molar-refractivity contribution < 1.29 is 8.91 Å². The van der Waals surface area contributed by atoms with Crippen molar-refractivity contribution in [3.05, 3.63) is 59.2 Å². The molecule has 0 saturated carbocycles. The molecule has 0 unspecified atom stereocenters. The molecule has 0 atom stereocenters. The van der Waals surface area contributed by atoms with Crippen LogP contribution >= 0.6 is 0 Å². The standard InChI is InChI=1S/C16H16FN5O/c1-10-7-14(20-15-8-11(2)23-22-15)21-16(19-10)18-9-12-3-5-13(17)6-4-12/h3-8H,9H2,1-2H3,(H2,18,19,20,21,22). The summed E-state index contributed by atoms with van der Waals surface area (Å²) in [7, 11) is 0. The van der Waals surface area contributed by atoms with Crippen LogP contribution < -0.4 is 10.6 Å². The number of aromatic nitrogens is 3. The van der Waals surface area contributed by atoms with E-state index < -0.39 is 0 Å². The van der Waals surface area contributed by atoms with Gasteiger partial charge in [-0.3, -0.25) is 0 Å². The molecule has 0 aliphatic rings. The number of hydrogen-bond acceptors (Lipinski definition) is 6. The Balaban J connectivity index is 1.70. The van der Waals surface area contributed by atoms with E-state index in [2.05, 4.69) is 25.8 Å². The van der Waals surface area contributed by atoms with Crippen LogP contribution in [0.5, 0.6) is 0 Å². The van der Waals surface area contributed by atoms with Gasteiger partial charge in [0.25, 0.3) is 0 Å². The van der Waals surface area contributed by atoms with Crippen molar-refractivity contribution >= 4 is 17.6 Å². The minimum atomic E-state index is -0.255. The zero-order valence-electron chi connectivity index (χ0n) is 12.8. The molecule has 0 aliphatic heterocycles. The highest BCUT2D eigenvalue weighted by Crippen LogP contribution is 2.17. The van der Waals surface area contributed by atoms with E-state index in [9.17, 15) is 4.39 Å². The third-order valence-corrected chi connectivity index (χ3v) is 3.10. The number of benzene rings is 1. The van der Waals surface area contributed by atoms with Crippen LogP contribution in [0.25, 0.3) is 0 Å². The Morgan fingerprint density at radius 3 is 2.52 bits per heavy atom. The van der Waals surface area contributed by atoms with Gasteiger partial charge >= 0.3 is 0 Å². The number of nitrogens with zero attached hydrogens (tertiary/aromatic N) is 3. The summed E-state index contributed by atoms with van der Waals surface area (Å²) in [5.74, 6) is 2.15. The topological polar surface area (TPSA) is 75.9 Å². The van der Waals surface area contributed by atoms with Gasteiger partial charge in [0, 0.05) is 24.4 Å². The molecule has 0 fully saturated rings. The highest BCUT2D eigenvalue weighted by Gasteiger charge is 2.05. The molecule has 6 nitrogen and oxygen atoms in total. The predicted octanol–water partition coefficient (Wildman–Crippen LogP) is 3.58. The highest BCUT2D eigenvalue weighted by molar-refractivity contribution is 5.53. The van der Waals surface area contributed by atoms with Gasteiger partial charge in [0.2, 0.25) is 5.95 Å². The molecule has 3 aromatic rings. The normalized spacial score (nSPS) is 10.6. The summed E-state index contributed by atoms with van der Waals surface area (Å²) in [5.41, 5.74) is 1.75. The molecule has 0 spiro atoms. The summed E-state index contributed by atoms with van der Waals surface area (Å²) < 4.78 is 17.9. The molecule has 0 saturated heterocycles. The van der Waals surface area contributed by atoms with Crippen LogP contribution in [0.15, 0.2) is 40.9 Å². The van der Waals surface area contributed by atoms with Crippen LogP contribution in [-0.4, -0.2) is 15.1 Å². The van der Waals surface area contributed by atoms with Crippen LogP contribution in [0, 0.1) is 19.7 Å². The number of anilines is 3. The average Bonchev–Trinajstić information content (AvgIpc) is 2.91. The van der Waals surface area contributed by atoms with Gasteiger partial charge in [-0.2, -0.15) is 4.98 Å². The predicted molar refractivity (Wildman–Crippen MR) is 85.0 cm³/mol. The van der Waals surface area contributed by atoms with E-state index in [4.69, 9.17) is 4.52 Å². The van der Waals surface area contributed by atoms with E-state index in [-0.39, 0.29) is 5.82 Å². The van der Waals surface area contributed by atoms with Crippen molar-refractivity contribution in [2.24, 2.45) is 0 Å². The van der Waals surface area contributed by atoms with Crippen LogP contribution in [0.2, 0.25) is 0 Å². The van der Waals surface area contributed by atoms with Gasteiger partial charge in [-0.05, 0) is 31.5 Å². The molecular weight excluding hydrogens is 297 g/mol. The summed E-state index contributed by atoms with van der Waals surface area (Å²) in [4.78, 5) is 8.71. The fourth-order valence-electron chi connectivity index (χ4n) is 2.05. The summed E-state index contributed by atoms with van der Waals surface area (Å²) in [6, 6.07) is 9.88. The summed E-state index contributed by atoms with van der Waals surface area (Å²) in [6.45, 7) is 4.20. The molecule has 2 N–H and O–H groups in total. The lowest BCUT2D eigenvalue weighted by atomic mass is 10.2. The first kappa shape index (κ1) is 15.0. The quantitative estimate of drug-likeness (QED) is 0.750. The number of aryl methyl sites for hydroxylation is 2. The molecule has 7 heteroatoms. The Labute approximate surface area is 132 Å². The zero-order chi connectivity index (χ0) is 16.2. The molecule has 2 aromatic heterocycles. The van der Waals surface area contributed by atoms with E-state index in [0.29, 0.717) is 29.9 Å². The fourth-order valence-corrected chi connectivity index (χ4v) is 2.05. The maximum absolute atomic E-state index is 12.9. The Hall–Kier alpha value is -2.96. The van der Waals surface area contributed by atoms with Gasteiger partial charge in [-0.15, -0.1) is 0 Å². The number of nitrogens with one attached hydrogen (secondary N) is 2. The first-order valence-corrected chi connectivity index (χ1v) is 7.13. The third-order valence-electron chi connectivity index (χ3n) is 3.10. The largest absolute Gasteiger partial charge is 0.360 e. The van der Waals surface area contributed by atoms with Gasteiger partial charge in [-0.1, -0.05) is 17.3 Å². The van der Waals surface area contributed by atoms with Crippen molar-refractivity contribution in [3.8, 4) is 0 Å². The summed E-state index contributed by atoms with van der Waals surface area (Å²) >= 11 is 0. The van der Waals surface area contributed by atoms with Crippen LogP contribution in [0.4, 0.5) is 22.0 Å². The smallest absolute Gasteiger partial charge is 0.225 e. The lowest BCUT2D eigenvalue weighted by Gasteiger charge is -2.08. The second kappa shape index (κ2) is 6.43. The van der Waals surface area contributed by atoms with Gasteiger partial charge in [-0.25, -0.2) is 9.37 Å². The minimum absolute atomic E-state index is 0.255. The van der Waals surface area contributed by atoms with E-state index in [1.54, 1.807) is 18.2 Å². The molecule has 118 valence electrons. The Morgan fingerprint density at radius 1 is 1.04 bits per heavy atom. The van der Waals surface area contributed by atoms with Crippen LogP contribution in [-0.2, 0) is 6.54 Å². The minimum Gasteiger partial charge on any atom is -0.360 e. The number of hydrogen-bond donors (Lipinski definition) is 2. The molecule has 23 heavy (non-hydrogen) atoms. The van der Waals surface area contributed by atoms with E-state index in [1.807, 2.05) is 19.9 Å². The second-order valence-electron chi connectivity index (χ2n) is 5.15. The molecule has 0 radical (unpaired) electrons. The third kappa shape index (κ3) is 4.03. The summed E-state index contributed by atoms with van der Waals surface area (Å²) in [6.07, 6.45) is 0. The van der Waals surface area contributed by atoms with Gasteiger partial charge < -0.3 is 15.2 Å². The van der Waals surface area contributed by atoms with E-state index >= 15 is 0 Å². The lowest BCUT2D eigenvalue weighted by Crippen LogP contribution is -2.06. The van der Waals surface area contributed by atoms with Crippen molar-refractivity contribution in [1.29, 1.82) is 0 Å². The van der Waals surface area contributed by atoms with Crippen LogP contribution in [0.1, 0.15) is 17.0 Å². The van der Waals surface area contributed by atoms with Gasteiger partial charge in [0.05, 0.1) is 0 Å². The molecular formula is C16H16FN5O. The maximum Gasteiger partial charge on any atom is 0.225 e. The van der Waals surface area contributed by atoms with Crippen molar-refractivity contribution in [2.75, 3.05) is 10.6 Å². The van der Waals surface area contributed by atoms with Crippen molar-refractivity contribution in [2.45, 2.75) is 20.4 Å². The number of halogens is 1. The monoisotopic (exact) mass is 313 g/mol. The fraction of sp³-hybridized carbons (Fsp3) is 0.188. The SMILES string of the molecule is Cc1cc(Nc2cc(C)on2)nc(NCc2ccc(F)cc2)n1. The Kier molecular flexibility index (Phi) is 4.18. The molecule has 0 amide bonds. The highest BCUT2D eigenvalue weighted by atomic mass is 19.1. The molecule has 0 aliphatic carbocycles. The second-order valence-corrected chi connectivity index (χ2v) is 5.15. The first-order chi connectivity index (χ1) is 11.1. The molecule has 3 rings (SSSR count). The first-order valence-electron chi connectivity index (χ1n) is 7.13. The van der Waals surface area contributed by atoms with Crippen molar-refractivity contribution in [1.82, 2.24) is 15.1 Å². The van der Waals surface area contributed by atoms with Crippen LogP contribution in [0.3, 0.4) is 0 Å². The molecule has 0 bridgehead atoms. The van der Waals surface area contributed by atoms with Gasteiger partial charge in [0.1, 0.15) is 17.4 Å². The average molecular weight is 313 g/mol. The maximum atomic E-state index is 12.9. The molecule has 2 heterocycles.